The average Bonchev–Trinajstić information content (AvgIpc) is 2.86. The summed E-state index contributed by atoms with van der Waals surface area (Å²) in [5, 5.41) is 7.63. The molecule has 1 aromatic rings. The highest BCUT2D eigenvalue weighted by atomic mass is 19.3. The molecule has 2 rings (SSSR count). The van der Waals surface area contributed by atoms with Crippen molar-refractivity contribution in [3.05, 3.63) is 30.1 Å². The summed E-state index contributed by atoms with van der Waals surface area (Å²) in [6, 6.07) is 2.71. The fraction of sp³-hybridized carbons (Fsp3) is 0.500. The van der Waals surface area contributed by atoms with Gasteiger partial charge in [-0.2, -0.15) is 0 Å². The number of aromatic nitrogens is 1. The zero-order valence-electron chi connectivity index (χ0n) is 11.9. The number of nitrogens with zero attached hydrogens (tertiary/aromatic N) is 1. The van der Waals surface area contributed by atoms with Crippen LogP contribution in [0.1, 0.15) is 18.4 Å². The number of nitrogens with one attached hydrogen (secondary N) is 3. The summed E-state index contributed by atoms with van der Waals surface area (Å²) in [5.41, 5.74) is 0.872. The number of hydrogen-bond donors (Lipinski definition) is 3. The van der Waals surface area contributed by atoms with Crippen molar-refractivity contribution in [2.45, 2.75) is 31.4 Å². The van der Waals surface area contributed by atoms with Crippen molar-refractivity contribution in [1.82, 2.24) is 20.9 Å². The zero-order valence-corrected chi connectivity index (χ0v) is 11.9. The van der Waals surface area contributed by atoms with E-state index in [-0.39, 0.29) is 18.9 Å². The van der Waals surface area contributed by atoms with Gasteiger partial charge in [0.25, 0.3) is 5.92 Å². The molecule has 1 atom stereocenters. The number of hydrogen-bond acceptors (Lipinski definition) is 4. The van der Waals surface area contributed by atoms with Gasteiger partial charge in [0.15, 0.2) is 0 Å². The maximum Gasteiger partial charge on any atom is 0.262 e. The number of amides is 2. The van der Waals surface area contributed by atoms with E-state index in [9.17, 15) is 18.4 Å². The van der Waals surface area contributed by atoms with Crippen molar-refractivity contribution in [3.63, 3.8) is 0 Å². The summed E-state index contributed by atoms with van der Waals surface area (Å²) < 4.78 is 25.9. The van der Waals surface area contributed by atoms with Gasteiger partial charge >= 0.3 is 0 Å². The molecule has 1 aliphatic rings. The molecule has 0 radical (unpaired) electrons. The van der Waals surface area contributed by atoms with Crippen LogP contribution in [0, 0.1) is 0 Å². The van der Waals surface area contributed by atoms with Crippen LogP contribution in [-0.4, -0.2) is 41.9 Å². The minimum absolute atomic E-state index is 0.0924. The van der Waals surface area contributed by atoms with E-state index in [0.717, 1.165) is 5.56 Å². The number of carbonyl (C=O) groups is 2. The lowest BCUT2D eigenvalue weighted by molar-refractivity contribution is -0.124. The molecule has 1 aliphatic heterocycles. The van der Waals surface area contributed by atoms with E-state index < -0.39 is 30.8 Å². The first-order valence-corrected chi connectivity index (χ1v) is 7.01. The minimum atomic E-state index is -2.84. The molecule has 0 bridgehead atoms. The van der Waals surface area contributed by atoms with E-state index >= 15 is 0 Å². The molecule has 22 heavy (non-hydrogen) atoms. The molecule has 8 heteroatoms. The van der Waals surface area contributed by atoms with Gasteiger partial charge in [0.1, 0.15) is 0 Å². The fourth-order valence-corrected chi connectivity index (χ4v) is 2.12. The fourth-order valence-electron chi connectivity index (χ4n) is 2.12. The number of pyridine rings is 1. The molecule has 1 unspecified atom stereocenters. The molecule has 6 nitrogen and oxygen atoms in total. The molecule has 0 saturated carbocycles. The van der Waals surface area contributed by atoms with Gasteiger partial charge in [-0.1, -0.05) is 6.07 Å². The maximum absolute atomic E-state index is 13.0. The molecule has 0 aromatic carbocycles. The van der Waals surface area contributed by atoms with E-state index in [0.29, 0.717) is 6.54 Å². The van der Waals surface area contributed by atoms with Crippen molar-refractivity contribution in [2.75, 3.05) is 13.1 Å². The van der Waals surface area contributed by atoms with Gasteiger partial charge in [-0.25, -0.2) is 8.78 Å². The Bertz CT molecular complexity index is 525. The standard InChI is InChI=1S/C14H18F2N4O2/c15-14(16)6-11(20-9-14)13(22)18-5-3-12(21)19-8-10-2-1-4-17-7-10/h1-2,4,7,11,20H,3,5-6,8-9H2,(H,18,22)(H,19,21). The van der Waals surface area contributed by atoms with Crippen LogP contribution in [-0.2, 0) is 16.1 Å². The Morgan fingerprint density at radius 2 is 2.23 bits per heavy atom. The molecular weight excluding hydrogens is 294 g/mol. The number of alkyl halides is 2. The van der Waals surface area contributed by atoms with Crippen LogP contribution in [0.3, 0.4) is 0 Å². The highest BCUT2D eigenvalue weighted by Gasteiger charge is 2.42. The van der Waals surface area contributed by atoms with Crippen molar-refractivity contribution < 1.29 is 18.4 Å². The number of rotatable bonds is 6. The van der Waals surface area contributed by atoms with Gasteiger partial charge < -0.3 is 10.6 Å². The van der Waals surface area contributed by atoms with Crippen LogP contribution in [0.25, 0.3) is 0 Å². The quantitative estimate of drug-likeness (QED) is 0.701. The first kappa shape index (κ1) is 16.3. The molecule has 0 spiro atoms. The predicted octanol–water partition coefficient (Wildman–Crippen LogP) is 0.201. The van der Waals surface area contributed by atoms with Gasteiger partial charge in [-0.3, -0.25) is 19.9 Å². The second-order valence-electron chi connectivity index (χ2n) is 5.17. The normalized spacial score (nSPS) is 19.6. The summed E-state index contributed by atoms with van der Waals surface area (Å²) in [5.74, 6) is -3.57. The summed E-state index contributed by atoms with van der Waals surface area (Å²) in [7, 11) is 0. The third-order valence-corrected chi connectivity index (χ3v) is 3.29. The second-order valence-corrected chi connectivity index (χ2v) is 5.17. The van der Waals surface area contributed by atoms with Crippen LogP contribution < -0.4 is 16.0 Å². The van der Waals surface area contributed by atoms with Crippen LogP contribution in [0.2, 0.25) is 0 Å². The first-order chi connectivity index (χ1) is 10.5. The van der Waals surface area contributed by atoms with Crippen molar-refractivity contribution in [2.24, 2.45) is 0 Å². The lowest BCUT2D eigenvalue weighted by atomic mass is 10.2. The number of halogens is 2. The summed E-state index contributed by atoms with van der Waals surface area (Å²) >= 11 is 0. The van der Waals surface area contributed by atoms with Crippen LogP contribution >= 0.6 is 0 Å². The Kier molecular flexibility index (Phi) is 5.37. The smallest absolute Gasteiger partial charge is 0.262 e. The highest BCUT2D eigenvalue weighted by molar-refractivity contribution is 5.83. The van der Waals surface area contributed by atoms with Crippen LogP contribution in [0.5, 0.6) is 0 Å². The second kappa shape index (κ2) is 7.26. The Labute approximate surface area is 126 Å². The van der Waals surface area contributed by atoms with E-state index in [2.05, 4.69) is 20.9 Å². The largest absolute Gasteiger partial charge is 0.354 e. The van der Waals surface area contributed by atoms with Gasteiger partial charge in [-0.05, 0) is 11.6 Å². The van der Waals surface area contributed by atoms with Crippen LogP contribution in [0.4, 0.5) is 8.78 Å². The highest BCUT2D eigenvalue weighted by Crippen LogP contribution is 2.24. The molecule has 120 valence electrons. The molecular formula is C14H18F2N4O2. The Balaban J connectivity index is 1.62. The maximum atomic E-state index is 13.0. The summed E-state index contributed by atoms with van der Waals surface area (Å²) in [4.78, 5) is 27.2. The van der Waals surface area contributed by atoms with Crippen molar-refractivity contribution in [3.8, 4) is 0 Å². The van der Waals surface area contributed by atoms with E-state index in [1.165, 1.54) is 0 Å². The molecule has 2 heterocycles. The SMILES string of the molecule is O=C(CCNC(=O)C1CC(F)(F)CN1)NCc1cccnc1. The van der Waals surface area contributed by atoms with E-state index in [4.69, 9.17) is 0 Å². The topological polar surface area (TPSA) is 83.1 Å². The van der Waals surface area contributed by atoms with E-state index in [1.807, 2.05) is 6.07 Å². The molecule has 0 aliphatic carbocycles. The Hall–Kier alpha value is -2.09. The summed E-state index contributed by atoms with van der Waals surface area (Å²) in [6.07, 6.45) is 2.87. The Morgan fingerprint density at radius 1 is 1.41 bits per heavy atom. The first-order valence-electron chi connectivity index (χ1n) is 7.01. The summed E-state index contributed by atoms with van der Waals surface area (Å²) in [6.45, 7) is -0.0187. The third kappa shape index (κ3) is 5.03. The number of carbonyl (C=O) groups excluding carboxylic acids is 2. The lowest BCUT2D eigenvalue weighted by Crippen LogP contribution is -2.41. The minimum Gasteiger partial charge on any atom is -0.354 e. The van der Waals surface area contributed by atoms with Gasteiger partial charge in [0.05, 0.1) is 12.6 Å². The molecule has 2 amide bonds. The molecule has 1 aromatic heterocycles. The molecule has 1 saturated heterocycles. The van der Waals surface area contributed by atoms with Crippen molar-refractivity contribution >= 4 is 11.8 Å². The van der Waals surface area contributed by atoms with Crippen molar-refractivity contribution in [1.29, 1.82) is 0 Å². The molecule has 3 N–H and O–H groups in total. The predicted molar refractivity (Wildman–Crippen MR) is 75.1 cm³/mol. The monoisotopic (exact) mass is 312 g/mol. The lowest BCUT2D eigenvalue weighted by Gasteiger charge is -2.11. The van der Waals surface area contributed by atoms with E-state index in [1.54, 1.807) is 18.5 Å². The van der Waals surface area contributed by atoms with Gasteiger partial charge in [0, 0.05) is 38.3 Å². The molecule has 1 fully saturated rings. The van der Waals surface area contributed by atoms with Crippen LogP contribution in [0.15, 0.2) is 24.5 Å². The third-order valence-electron chi connectivity index (χ3n) is 3.29. The average molecular weight is 312 g/mol. The Morgan fingerprint density at radius 3 is 2.86 bits per heavy atom. The van der Waals surface area contributed by atoms with Gasteiger partial charge in [0.2, 0.25) is 11.8 Å². The van der Waals surface area contributed by atoms with Gasteiger partial charge in [-0.15, -0.1) is 0 Å². The zero-order chi connectivity index (χ0) is 16.0.